The molecule has 16 heavy (non-hydrogen) atoms. The molecule has 0 aliphatic rings. The van der Waals surface area contributed by atoms with Gasteiger partial charge in [0.1, 0.15) is 5.60 Å². The third-order valence-electron chi connectivity index (χ3n) is 2.40. The van der Waals surface area contributed by atoms with E-state index in [1.54, 1.807) is 7.11 Å². The van der Waals surface area contributed by atoms with Crippen LogP contribution >= 0.6 is 0 Å². The Kier molecular flexibility index (Phi) is 11.9. The second-order valence-electron chi connectivity index (χ2n) is 4.65. The molecule has 0 saturated heterocycles. The van der Waals surface area contributed by atoms with Crippen LogP contribution < -0.4 is 18.9 Å². The van der Waals surface area contributed by atoms with Crippen LogP contribution in [0.5, 0.6) is 0 Å². The third-order valence-corrected chi connectivity index (χ3v) is 2.40. The fourth-order valence-electron chi connectivity index (χ4n) is 1.60. The van der Waals surface area contributed by atoms with Crippen LogP contribution in [-0.2, 0) is 4.74 Å². The van der Waals surface area contributed by atoms with Gasteiger partial charge in [0.2, 0.25) is 0 Å². The molecule has 0 bridgehead atoms. The molecular formula is C14H25LiO. The number of rotatable bonds is 6. The fourth-order valence-corrected chi connectivity index (χ4v) is 1.60. The van der Waals surface area contributed by atoms with E-state index in [0.29, 0.717) is 5.92 Å². The van der Waals surface area contributed by atoms with Crippen molar-refractivity contribution in [3.05, 3.63) is 6.92 Å². The molecule has 0 amide bonds. The zero-order valence-corrected chi connectivity index (χ0v) is 11.7. The van der Waals surface area contributed by atoms with Gasteiger partial charge < -0.3 is 11.7 Å². The average molecular weight is 216 g/mol. The van der Waals surface area contributed by atoms with Gasteiger partial charge in [-0.2, -0.15) is 6.42 Å². The van der Waals surface area contributed by atoms with Crippen LogP contribution in [0.25, 0.3) is 0 Å². The summed E-state index contributed by atoms with van der Waals surface area (Å²) in [6.07, 6.45) is 5.29. The molecule has 0 aromatic heterocycles. The van der Waals surface area contributed by atoms with Gasteiger partial charge in [-0.25, -0.2) is 0 Å². The summed E-state index contributed by atoms with van der Waals surface area (Å²) in [5.74, 6) is 7.07. The monoisotopic (exact) mass is 216 g/mol. The van der Waals surface area contributed by atoms with Gasteiger partial charge in [0, 0.05) is 13.5 Å². The molecule has 0 aliphatic heterocycles. The molecule has 0 fully saturated rings. The minimum absolute atomic E-state index is 0. The van der Waals surface area contributed by atoms with Crippen molar-refractivity contribution in [3.8, 4) is 11.8 Å². The van der Waals surface area contributed by atoms with E-state index in [4.69, 9.17) is 4.74 Å². The van der Waals surface area contributed by atoms with Crippen molar-refractivity contribution in [2.75, 3.05) is 7.11 Å². The first-order valence-corrected chi connectivity index (χ1v) is 5.88. The summed E-state index contributed by atoms with van der Waals surface area (Å²) >= 11 is 0. The Morgan fingerprint density at radius 2 is 1.94 bits per heavy atom. The van der Waals surface area contributed by atoms with Crippen molar-refractivity contribution in [3.63, 3.8) is 0 Å². The molecule has 0 rings (SSSR count). The van der Waals surface area contributed by atoms with E-state index in [2.05, 4.69) is 39.5 Å². The predicted octanol–water partition coefficient (Wildman–Crippen LogP) is 0.839. The van der Waals surface area contributed by atoms with E-state index in [1.165, 1.54) is 6.42 Å². The fraction of sp³-hybridized carbons (Fsp3) is 0.786. The van der Waals surface area contributed by atoms with Gasteiger partial charge in [0.15, 0.2) is 0 Å². The number of unbranched alkanes of at least 4 members (excludes halogenated alkanes) is 3. The maximum Gasteiger partial charge on any atom is 1.00 e. The summed E-state index contributed by atoms with van der Waals surface area (Å²) in [4.78, 5) is 0. The maximum atomic E-state index is 5.47. The van der Waals surface area contributed by atoms with E-state index in [1.807, 2.05) is 0 Å². The van der Waals surface area contributed by atoms with Crippen LogP contribution in [0.3, 0.4) is 0 Å². The zero-order valence-electron chi connectivity index (χ0n) is 11.7. The predicted molar refractivity (Wildman–Crippen MR) is 66.5 cm³/mol. The van der Waals surface area contributed by atoms with E-state index in [9.17, 15) is 0 Å². The second kappa shape index (κ2) is 10.3. The molecule has 88 valence electrons. The Labute approximate surface area is 114 Å². The van der Waals surface area contributed by atoms with Gasteiger partial charge in [0.25, 0.3) is 0 Å². The first kappa shape index (κ1) is 18.5. The Balaban J connectivity index is 0. The van der Waals surface area contributed by atoms with Gasteiger partial charge in [-0.05, 0) is 25.7 Å². The van der Waals surface area contributed by atoms with Crippen LogP contribution in [0.4, 0.5) is 0 Å². The van der Waals surface area contributed by atoms with Crippen LogP contribution in [0.1, 0.15) is 52.9 Å². The molecule has 1 unspecified atom stereocenters. The number of hydrogen-bond acceptors (Lipinski definition) is 1. The first-order valence-electron chi connectivity index (χ1n) is 5.88. The topological polar surface area (TPSA) is 9.23 Å². The summed E-state index contributed by atoms with van der Waals surface area (Å²) in [6.45, 7) is 10.3. The minimum atomic E-state index is -0.265. The smallest absolute Gasteiger partial charge is 0.366 e. The first-order chi connectivity index (χ1) is 7.04. The van der Waals surface area contributed by atoms with Crippen molar-refractivity contribution < 1.29 is 23.6 Å². The second-order valence-corrected chi connectivity index (χ2v) is 4.65. The van der Waals surface area contributed by atoms with Crippen LogP contribution in [0.15, 0.2) is 0 Å². The molecule has 1 atom stereocenters. The van der Waals surface area contributed by atoms with Crippen molar-refractivity contribution in [1.82, 2.24) is 0 Å². The molecule has 1 nitrogen and oxygen atoms in total. The number of hydrogen-bond donors (Lipinski definition) is 0. The summed E-state index contributed by atoms with van der Waals surface area (Å²) in [6, 6.07) is 0. The van der Waals surface area contributed by atoms with E-state index in [-0.39, 0.29) is 24.5 Å². The van der Waals surface area contributed by atoms with Crippen molar-refractivity contribution in [2.45, 2.75) is 58.5 Å². The normalized spacial score (nSPS) is 13.6. The molecule has 0 spiro atoms. The molecule has 0 heterocycles. The minimum Gasteiger partial charge on any atom is -0.366 e. The van der Waals surface area contributed by atoms with E-state index in [0.717, 1.165) is 25.7 Å². The van der Waals surface area contributed by atoms with E-state index < -0.39 is 0 Å². The number of methoxy groups -OCH3 is 1. The van der Waals surface area contributed by atoms with Gasteiger partial charge in [0.05, 0.1) is 0 Å². The summed E-state index contributed by atoms with van der Waals surface area (Å²) in [7, 11) is 1.74. The summed E-state index contributed by atoms with van der Waals surface area (Å²) in [5, 5.41) is 0. The zero-order chi connectivity index (χ0) is 11.7. The van der Waals surface area contributed by atoms with Gasteiger partial charge >= 0.3 is 18.9 Å². The molecular weight excluding hydrogens is 191 g/mol. The quantitative estimate of drug-likeness (QED) is 0.277. The van der Waals surface area contributed by atoms with Crippen LogP contribution in [0.2, 0.25) is 0 Å². The Hall–Kier alpha value is 0.117. The van der Waals surface area contributed by atoms with Gasteiger partial charge in [-0.1, -0.05) is 26.2 Å². The molecule has 0 aromatic rings. The van der Waals surface area contributed by atoms with Crippen molar-refractivity contribution in [2.24, 2.45) is 5.92 Å². The number of ether oxygens (including phenoxy) is 1. The van der Waals surface area contributed by atoms with Crippen molar-refractivity contribution >= 4 is 0 Å². The summed E-state index contributed by atoms with van der Waals surface area (Å²) < 4.78 is 5.47. The van der Waals surface area contributed by atoms with E-state index >= 15 is 0 Å². The Morgan fingerprint density at radius 1 is 1.31 bits per heavy atom. The molecule has 0 N–H and O–H groups in total. The van der Waals surface area contributed by atoms with Crippen molar-refractivity contribution in [1.29, 1.82) is 0 Å². The Morgan fingerprint density at radius 3 is 2.38 bits per heavy atom. The SMILES string of the molecule is [CH2-]CCCCC#CC(C)(CC(C)C)OC.[Li+]. The van der Waals surface area contributed by atoms with Crippen LogP contribution in [0, 0.1) is 24.7 Å². The van der Waals surface area contributed by atoms with Crippen LogP contribution in [-0.4, -0.2) is 12.7 Å². The molecule has 0 radical (unpaired) electrons. The average Bonchev–Trinajstić information content (AvgIpc) is 2.16. The summed E-state index contributed by atoms with van der Waals surface area (Å²) in [5.41, 5.74) is -0.265. The third kappa shape index (κ3) is 9.35. The van der Waals surface area contributed by atoms with Gasteiger partial charge in [-0.3, -0.25) is 0 Å². The molecule has 0 aromatic carbocycles. The Bertz CT molecular complexity index is 215. The molecule has 0 aliphatic carbocycles. The molecule has 0 saturated carbocycles. The standard InChI is InChI=1S/C14H25O.Li/c1-6-7-8-9-10-11-14(4,15-5)12-13(2)3;/h13H,1,6-9,12H2,2-5H3;/q-1;+1. The maximum absolute atomic E-state index is 5.47. The molecule has 2 heteroatoms. The van der Waals surface area contributed by atoms with Gasteiger partial charge in [-0.15, -0.1) is 5.92 Å². The largest absolute Gasteiger partial charge is 1.00 e.